The van der Waals surface area contributed by atoms with E-state index < -0.39 is 0 Å². The number of benzene rings is 2. The van der Waals surface area contributed by atoms with Crippen LogP contribution in [0.15, 0.2) is 48.0 Å². The first-order valence-electron chi connectivity index (χ1n) is 8.44. The van der Waals surface area contributed by atoms with Crippen molar-refractivity contribution < 1.29 is 9.47 Å². The normalized spacial score (nSPS) is 12.7. The number of hydrogen-bond donors (Lipinski definition) is 1. The molecule has 1 aromatic heterocycles. The molecule has 0 atom stereocenters. The number of thiazole rings is 1. The van der Waals surface area contributed by atoms with Crippen molar-refractivity contribution in [2.45, 2.75) is 13.8 Å². The van der Waals surface area contributed by atoms with Crippen molar-refractivity contribution in [3.05, 3.63) is 64.1 Å². The molecule has 0 saturated carbocycles. The van der Waals surface area contributed by atoms with E-state index in [1.165, 1.54) is 11.3 Å². The van der Waals surface area contributed by atoms with Crippen molar-refractivity contribution in [1.82, 2.24) is 4.98 Å². The summed E-state index contributed by atoms with van der Waals surface area (Å²) in [6.07, 6.45) is 1.72. The molecule has 0 radical (unpaired) electrons. The topological polar surface area (TPSA) is 67.2 Å². The van der Waals surface area contributed by atoms with Crippen LogP contribution in [-0.2, 0) is 0 Å². The molecule has 5 nitrogen and oxygen atoms in total. The van der Waals surface area contributed by atoms with Gasteiger partial charge in [0, 0.05) is 22.8 Å². The molecule has 1 aliphatic heterocycles. The van der Waals surface area contributed by atoms with Crippen LogP contribution in [0.3, 0.4) is 0 Å². The number of aryl methyl sites for hydroxylation is 2. The maximum Gasteiger partial charge on any atom is 0.231 e. The predicted molar refractivity (Wildman–Crippen MR) is 107 cm³/mol. The number of nitriles is 1. The molecule has 2 heterocycles. The highest BCUT2D eigenvalue weighted by Gasteiger charge is 2.16. The first-order chi connectivity index (χ1) is 13.2. The van der Waals surface area contributed by atoms with E-state index in [4.69, 9.17) is 9.47 Å². The summed E-state index contributed by atoms with van der Waals surface area (Å²) in [5.74, 6) is 1.46. The van der Waals surface area contributed by atoms with Gasteiger partial charge in [0.2, 0.25) is 6.79 Å². The van der Waals surface area contributed by atoms with Gasteiger partial charge in [0.1, 0.15) is 16.6 Å². The van der Waals surface area contributed by atoms with Gasteiger partial charge in [-0.05, 0) is 43.2 Å². The van der Waals surface area contributed by atoms with Gasteiger partial charge in [-0.1, -0.05) is 18.2 Å². The SMILES string of the molecule is Cc1cccc(C)c1NC=C(C#N)c1nc(-c2ccc3c(c2)OCO3)cs1. The molecular weight excluding hydrogens is 358 g/mol. The Morgan fingerprint density at radius 2 is 1.96 bits per heavy atom. The van der Waals surface area contributed by atoms with Crippen molar-refractivity contribution in [2.75, 3.05) is 12.1 Å². The maximum absolute atomic E-state index is 9.57. The van der Waals surface area contributed by atoms with Crippen molar-refractivity contribution in [3.63, 3.8) is 0 Å². The van der Waals surface area contributed by atoms with Gasteiger partial charge < -0.3 is 14.8 Å². The molecule has 4 rings (SSSR count). The molecule has 1 aliphatic rings. The lowest BCUT2D eigenvalue weighted by atomic mass is 10.1. The Hall–Kier alpha value is -3.30. The summed E-state index contributed by atoms with van der Waals surface area (Å²) in [4.78, 5) is 4.63. The lowest BCUT2D eigenvalue weighted by Crippen LogP contribution is -1.96. The van der Waals surface area contributed by atoms with Crippen LogP contribution in [0.5, 0.6) is 11.5 Å². The van der Waals surface area contributed by atoms with Gasteiger partial charge >= 0.3 is 0 Å². The summed E-state index contributed by atoms with van der Waals surface area (Å²) < 4.78 is 10.8. The van der Waals surface area contributed by atoms with E-state index in [0.717, 1.165) is 39.6 Å². The Morgan fingerprint density at radius 3 is 2.74 bits per heavy atom. The van der Waals surface area contributed by atoms with E-state index in [0.29, 0.717) is 10.6 Å². The zero-order valence-electron chi connectivity index (χ0n) is 14.9. The summed E-state index contributed by atoms with van der Waals surface area (Å²) in [5.41, 5.74) is 5.50. The van der Waals surface area contributed by atoms with Gasteiger partial charge in [-0.2, -0.15) is 5.26 Å². The minimum Gasteiger partial charge on any atom is -0.454 e. The maximum atomic E-state index is 9.57. The molecule has 6 heteroatoms. The molecule has 0 aliphatic carbocycles. The van der Waals surface area contributed by atoms with E-state index in [2.05, 4.69) is 16.4 Å². The average Bonchev–Trinajstić information content (AvgIpc) is 3.33. The quantitative estimate of drug-likeness (QED) is 0.640. The van der Waals surface area contributed by atoms with Crippen molar-refractivity contribution in [1.29, 1.82) is 5.26 Å². The number of para-hydroxylation sites is 1. The van der Waals surface area contributed by atoms with Crippen LogP contribution < -0.4 is 14.8 Å². The van der Waals surface area contributed by atoms with Gasteiger partial charge in [-0.15, -0.1) is 11.3 Å². The summed E-state index contributed by atoms with van der Waals surface area (Å²) in [7, 11) is 0. The summed E-state index contributed by atoms with van der Waals surface area (Å²) in [6, 6.07) is 14.1. The zero-order chi connectivity index (χ0) is 18.8. The number of aromatic nitrogens is 1. The summed E-state index contributed by atoms with van der Waals surface area (Å²) in [5, 5.41) is 15.4. The van der Waals surface area contributed by atoms with Gasteiger partial charge in [0.25, 0.3) is 0 Å². The van der Waals surface area contributed by atoms with E-state index in [1.54, 1.807) is 6.20 Å². The molecule has 2 aromatic carbocycles. The van der Waals surface area contributed by atoms with Crippen LogP contribution >= 0.6 is 11.3 Å². The highest BCUT2D eigenvalue weighted by Crippen LogP contribution is 2.36. The fourth-order valence-corrected chi connectivity index (χ4v) is 3.71. The second-order valence-electron chi connectivity index (χ2n) is 6.19. The van der Waals surface area contributed by atoms with Crippen LogP contribution in [0, 0.1) is 25.2 Å². The molecule has 0 unspecified atom stereocenters. The van der Waals surface area contributed by atoms with Crippen LogP contribution in [0.2, 0.25) is 0 Å². The zero-order valence-corrected chi connectivity index (χ0v) is 15.8. The second-order valence-corrected chi connectivity index (χ2v) is 7.05. The lowest BCUT2D eigenvalue weighted by molar-refractivity contribution is 0.174. The fraction of sp³-hybridized carbons (Fsp3) is 0.143. The van der Waals surface area contributed by atoms with Crippen molar-refractivity contribution >= 4 is 22.6 Å². The highest BCUT2D eigenvalue weighted by molar-refractivity contribution is 7.11. The third-order valence-corrected chi connectivity index (χ3v) is 5.24. The number of ether oxygens (including phenoxy) is 2. The molecule has 0 bridgehead atoms. The van der Waals surface area contributed by atoms with Crippen molar-refractivity contribution in [2.24, 2.45) is 0 Å². The third kappa shape index (κ3) is 3.37. The molecule has 1 N–H and O–H groups in total. The van der Waals surface area contributed by atoms with E-state index in [-0.39, 0.29) is 6.79 Å². The Kier molecular flexibility index (Phi) is 4.53. The van der Waals surface area contributed by atoms with E-state index >= 15 is 0 Å². The standard InChI is InChI=1S/C21H17N3O2S/c1-13-4-3-5-14(2)20(13)23-10-16(9-22)21-24-17(11-27-21)15-6-7-18-19(8-15)26-12-25-18/h3-8,10-11,23H,12H2,1-2H3. The van der Waals surface area contributed by atoms with Gasteiger partial charge in [-0.3, -0.25) is 0 Å². The summed E-state index contributed by atoms with van der Waals surface area (Å²) in [6.45, 7) is 4.32. The van der Waals surface area contributed by atoms with Crippen LogP contribution in [-0.4, -0.2) is 11.8 Å². The first kappa shape index (κ1) is 17.1. The van der Waals surface area contributed by atoms with Gasteiger partial charge in [0.05, 0.1) is 5.69 Å². The number of hydrogen-bond acceptors (Lipinski definition) is 6. The van der Waals surface area contributed by atoms with Gasteiger partial charge in [0.15, 0.2) is 11.5 Å². The lowest BCUT2D eigenvalue weighted by Gasteiger charge is -2.09. The number of nitrogens with zero attached hydrogens (tertiary/aromatic N) is 2. The van der Waals surface area contributed by atoms with Crippen molar-refractivity contribution in [3.8, 4) is 28.8 Å². The molecule has 0 saturated heterocycles. The fourth-order valence-electron chi connectivity index (χ4n) is 2.91. The number of rotatable bonds is 4. The molecule has 0 amide bonds. The van der Waals surface area contributed by atoms with Crippen LogP contribution in [0.1, 0.15) is 16.1 Å². The molecule has 27 heavy (non-hydrogen) atoms. The Bertz CT molecular complexity index is 1060. The molecule has 3 aromatic rings. The minimum absolute atomic E-state index is 0.242. The Balaban J connectivity index is 1.60. The highest BCUT2D eigenvalue weighted by atomic mass is 32.1. The minimum atomic E-state index is 0.242. The number of anilines is 1. The van der Waals surface area contributed by atoms with Crippen LogP contribution in [0.4, 0.5) is 5.69 Å². The van der Waals surface area contributed by atoms with E-state index in [9.17, 15) is 5.26 Å². The second kappa shape index (κ2) is 7.14. The Morgan fingerprint density at radius 1 is 1.19 bits per heavy atom. The molecular formula is C21H17N3O2S. The molecule has 0 spiro atoms. The number of nitrogens with one attached hydrogen (secondary N) is 1. The van der Waals surface area contributed by atoms with Crippen LogP contribution in [0.25, 0.3) is 16.8 Å². The molecule has 0 fully saturated rings. The summed E-state index contributed by atoms with van der Waals surface area (Å²) >= 11 is 1.44. The average molecular weight is 375 g/mol. The monoisotopic (exact) mass is 375 g/mol. The predicted octanol–water partition coefficient (Wildman–Crippen LogP) is 5.13. The smallest absolute Gasteiger partial charge is 0.231 e. The number of fused-ring (bicyclic) bond motifs is 1. The van der Waals surface area contributed by atoms with Gasteiger partial charge in [-0.25, -0.2) is 4.98 Å². The first-order valence-corrected chi connectivity index (χ1v) is 9.32. The largest absolute Gasteiger partial charge is 0.454 e. The molecule has 134 valence electrons. The Labute approximate surface area is 161 Å². The third-order valence-electron chi connectivity index (χ3n) is 4.37. The number of allylic oxidation sites excluding steroid dienone is 1. The van der Waals surface area contributed by atoms with E-state index in [1.807, 2.05) is 55.6 Å².